The minimum Gasteiger partial charge on any atom is -0.467 e. The van der Waals surface area contributed by atoms with Crippen LogP contribution in [0.4, 0.5) is 4.39 Å². The molecule has 21 heavy (non-hydrogen) atoms. The normalized spacial score (nSPS) is 15.3. The second-order valence-corrected chi connectivity index (χ2v) is 7.85. The first-order valence-electron chi connectivity index (χ1n) is 6.23. The summed E-state index contributed by atoms with van der Waals surface area (Å²) in [6, 6.07) is 6.41. The fourth-order valence-corrected chi connectivity index (χ4v) is 4.77. The van der Waals surface area contributed by atoms with E-state index in [2.05, 4.69) is 0 Å². The molecule has 0 bridgehead atoms. The molecule has 2 aromatic rings. The fraction of sp³-hybridized carbons (Fsp3) is 0.286. The van der Waals surface area contributed by atoms with Crippen LogP contribution in [0, 0.1) is 5.82 Å². The highest BCUT2D eigenvalue weighted by Crippen LogP contribution is 2.31. The Morgan fingerprint density at radius 2 is 2.19 bits per heavy atom. The summed E-state index contributed by atoms with van der Waals surface area (Å²) in [7, 11) is -1.15. The summed E-state index contributed by atoms with van der Waals surface area (Å²) in [5, 5.41) is 0. The van der Waals surface area contributed by atoms with Gasteiger partial charge in [-0.25, -0.2) is 4.39 Å². The Morgan fingerprint density at radius 1 is 1.33 bits per heavy atom. The van der Waals surface area contributed by atoms with Crippen molar-refractivity contribution in [1.82, 2.24) is 0 Å². The van der Waals surface area contributed by atoms with E-state index < -0.39 is 10.8 Å². The molecular formula is C14H12ClFO3S2. The monoisotopic (exact) mass is 346 g/mol. The topological polar surface area (TPSA) is 35.5 Å². The van der Waals surface area contributed by atoms with Crippen molar-refractivity contribution in [2.24, 2.45) is 0 Å². The highest BCUT2D eigenvalue weighted by Gasteiger charge is 2.18. The maximum Gasteiger partial charge on any atom is 0.189 e. The predicted molar refractivity (Wildman–Crippen MR) is 81.6 cm³/mol. The highest BCUT2D eigenvalue weighted by molar-refractivity contribution is 7.83. The number of hydrogen-bond acceptors (Lipinski definition) is 4. The van der Waals surface area contributed by atoms with Gasteiger partial charge in [0, 0.05) is 26.8 Å². The van der Waals surface area contributed by atoms with Crippen molar-refractivity contribution in [2.75, 3.05) is 6.79 Å². The number of rotatable bonds is 4. The lowest BCUT2D eigenvalue weighted by Crippen LogP contribution is -2.14. The molecule has 0 saturated carbocycles. The van der Waals surface area contributed by atoms with Crippen molar-refractivity contribution < 1.29 is 18.1 Å². The quantitative estimate of drug-likeness (QED) is 0.843. The van der Waals surface area contributed by atoms with Gasteiger partial charge in [0.15, 0.2) is 6.79 Å². The average Bonchev–Trinajstić information content (AvgIpc) is 2.83. The standard InChI is InChI=1S/C14H12ClFO3S2/c15-13-2-1-12(20-13)7-21(17)6-10-4-11(16)3-9-5-18-8-19-14(9)10/h1-4H,5-8H2/t21-/m0/s1. The van der Waals surface area contributed by atoms with E-state index in [-0.39, 0.29) is 18.4 Å². The summed E-state index contributed by atoms with van der Waals surface area (Å²) in [5.74, 6) is 0.878. The van der Waals surface area contributed by atoms with E-state index in [1.165, 1.54) is 23.5 Å². The predicted octanol–water partition coefficient (Wildman–Crippen LogP) is 3.86. The zero-order valence-electron chi connectivity index (χ0n) is 10.9. The third kappa shape index (κ3) is 3.63. The van der Waals surface area contributed by atoms with Crippen LogP contribution in [0.5, 0.6) is 5.75 Å². The first kappa shape index (κ1) is 15.0. The van der Waals surface area contributed by atoms with Crippen molar-refractivity contribution in [3.05, 3.63) is 50.4 Å². The summed E-state index contributed by atoms with van der Waals surface area (Å²) < 4.78 is 37.1. The van der Waals surface area contributed by atoms with Crippen molar-refractivity contribution >= 4 is 33.7 Å². The molecule has 0 N–H and O–H groups in total. The Hall–Kier alpha value is -0.950. The number of fused-ring (bicyclic) bond motifs is 1. The lowest BCUT2D eigenvalue weighted by molar-refractivity contribution is -0.0171. The third-order valence-electron chi connectivity index (χ3n) is 3.00. The molecule has 0 fully saturated rings. The molecule has 1 aliphatic rings. The van der Waals surface area contributed by atoms with Crippen LogP contribution in [0.25, 0.3) is 0 Å². The van der Waals surface area contributed by atoms with E-state index in [4.69, 9.17) is 21.1 Å². The van der Waals surface area contributed by atoms with Crippen LogP contribution in [0.1, 0.15) is 16.0 Å². The van der Waals surface area contributed by atoms with Crippen LogP contribution >= 0.6 is 22.9 Å². The molecule has 112 valence electrons. The van der Waals surface area contributed by atoms with Gasteiger partial charge < -0.3 is 9.47 Å². The molecule has 0 aliphatic carbocycles. The molecule has 3 rings (SSSR count). The van der Waals surface area contributed by atoms with E-state index in [0.29, 0.717) is 33.6 Å². The number of thiophene rings is 1. The largest absolute Gasteiger partial charge is 0.467 e. The van der Waals surface area contributed by atoms with Gasteiger partial charge in [0.1, 0.15) is 11.6 Å². The minimum absolute atomic E-state index is 0.138. The van der Waals surface area contributed by atoms with Gasteiger partial charge in [-0.3, -0.25) is 4.21 Å². The van der Waals surface area contributed by atoms with E-state index in [1.807, 2.05) is 6.07 Å². The zero-order valence-corrected chi connectivity index (χ0v) is 13.3. The molecule has 1 aromatic heterocycles. The molecule has 1 aromatic carbocycles. The van der Waals surface area contributed by atoms with Gasteiger partial charge in [-0.05, 0) is 24.3 Å². The lowest BCUT2D eigenvalue weighted by atomic mass is 10.1. The van der Waals surface area contributed by atoms with Gasteiger partial charge >= 0.3 is 0 Å². The molecule has 3 nitrogen and oxygen atoms in total. The summed E-state index contributed by atoms with van der Waals surface area (Å²) in [4.78, 5) is 0.952. The summed E-state index contributed by atoms with van der Waals surface area (Å²) in [6.07, 6.45) is 0. The minimum atomic E-state index is -1.15. The first-order chi connectivity index (χ1) is 10.1. The summed E-state index contributed by atoms with van der Waals surface area (Å²) in [5.41, 5.74) is 1.28. The number of ether oxygens (including phenoxy) is 2. The first-order valence-corrected chi connectivity index (χ1v) is 8.91. The van der Waals surface area contributed by atoms with Crippen molar-refractivity contribution in [3.8, 4) is 5.75 Å². The van der Waals surface area contributed by atoms with E-state index in [9.17, 15) is 8.60 Å². The van der Waals surface area contributed by atoms with E-state index in [0.717, 1.165) is 4.88 Å². The van der Waals surface area contributed by atoms with Crippen molar-refractivity contribution in [3.63, 3.8) is 0 Å². The Bertz CT molecular complexity index is 687. The van der Waals surface area contributed by atoms with Crippen LogP contribution in [0.3, 0.4) is 0 Å². The second kappa shape index (κ2) is 6.44. The van der Waals surface area contributed by atoms with Crippen molar-refractivity contribution in [1.29, 1.82) is 0 Å². The molecule has 1 aliphatic heterocycles. The zero-order chi connectivity index (χ0) is 14.8. The maximum absolute atomic E-state index is 13.6. The number of halogens is 2. The van der Waals surface area contributed by atoms with Crippen molar-refractivity contribution in [2.45, 2.75) is 18.1 Å². The van der Waals surface area contributed by atoms with Crippen LogP contribution in [0.2, 0.25) is 4.34 Å². The fourth-order valence-electron chi connectivity index (χ4n) is 2.18. The Morgan fingerprint density at radius 3 is 2.95 bits per heavy atom. The number of hydrogen-bond donors (Lipinski definition) is 0. The maximum atomic E-state index is 13.6. The van der Waals surface area contributed by atoms with Gasteiger partial charge in [0.25, 0.3) is 0 Å². The highest BCUT2D eigenvalue weighted by atomic mass is 35.5. The summed E-state index contributed by atoms with van der Waals surface area (Å²) in [6.45, 7) is 0.450. The molecule has 0 saturated heterocycles. The lowest BCUT2D eigenvalue weighted by Gasteiger charge is -2.20. The molecule has 0 radical (unpaired) electrons. The van der Waals surface area contributed by atoms with Crippen LogP contribution in [-0.2, 0) is 33.6 Å². The number of benzene rings is 1. The molecule has 0 spiro atoms. The summed E-state index contributed by atoms with van der Waals surface area (Å²) >= 11 is 7.26. The van der Waals surface area contributed by atoms with Gasteiger partial charge in [-0.1, -0.05) is 11.6 Å². The van der Waals surface area contributed by atoms with Gasteiger partial charge in [0.2, 0.25) is 0 Å². The molecular weight excluding hydrogens is 335 g/mol. The second-order valence-electron chi connectivity index (χ2n) is 4.60. The van der Waals surface area contributed by atoms with Crippen LogP contribution < -0.4 is 4.74 Å². The SMILES string of the molecule is O=[S@](Cc1ccc(Cl)s1)Cc1cc(F)cc2c1OCOC2. The molecule has 2 heterocycles. The van der Waals surface area contributed by atoms with Crippen LogP contribution in [-0.4, -0.2) is 11.0 Å². The van der Waals surface area contributed by atoms with Gasteiger partial charge in [-0.2, -0.15) is 0 Å². The Balaban J connectivity index is 1.78. The van der Waals surface area contributed by atoms with E-state index in [1.54, 1.807) is 6.07 Å². The smallest absolute Gasteiger partial charge is 0.189 e. The third-order valence-corrected chi connectivity index (χ3v) is 5.68. The molecule has 1 atom stereocenters. The molecule has 7 heteroatoms. The molecule has 0 amide bonds. The Kier molecular flexibility index (Phi) is 4.59. The van der Waals surface area contributed by atoms with Gasteiger partial charge in [0.05, 0.1) is 22.4 Å². The van der Waals surface area contributed by atoms with Gasteiger partial charge in [-0.15, -0.1) is 11.3 Å². The Labute approximate surface area is 133 Å². The average molecular weight is 347 g/mol. The van der Waals surface area contributed by atoms with Crippen LogP contribution in [0.15, 0.2) is 24.3 Å². The molecule has 0 unspecified atom stereocenters. The van der Waals surface area contributed by atoms with E-state index >= 15 is 0 Å².